The maximum absolute atomic E-state index is 13.1. The Hall–Kier alpha value is -3.45. The summed E-state index contributed by atoms with van der Waals surface area (Å²) in [7, 11) is 0. The number of hydrogen-bond donors (Lipinski definition) is 1. The second-order valence-electron chi connectivity index (χ2n) is 7.62. The lowest BCUT2D eigenvalue weighted by Crippen LogP contribution is -2.28. The fraction of sp³-hybridized carbons (Fsp3) is 0.240. The lowest BCUT2D eigenvalue weighted by atomic mass is 9.95. The molecule has 1 atom stereocenters. The molecule has 3 aromatic rings. The van der Waals surface area contributed by atoms with E-state index in [1.165, 1.54) is 16.2 Å². The summed E-state index contributed by atoms with van der Waals surface area (Å²) >= 11 is 1.51. The van der Waals surface area contributed by atoms with Crippen LogP contribution in [-0.2, 0) is 16.1 Å². The molecule has 1 aliphatic rings. The molecular weight excluding hydrogens is 424 g/mol. The molecule has 6 nitrogen and oxygen atoms in total. The van der Waals surface area contributed by atoms with Crippen LogP contribution in [0.2, 0.25) is 0 Å². The highest BCUT2D eigenvalue weighted by atomic mass is 32.1. The topological polar surface area (TPSA) is 79.7 Å². The van der Waals surface area contributed by atoms with Crippen LogP contribution in [0.4, 0.5) is 0 Å². The highest BCUT2D eigenvalue weighted by Crippen LogP contribution is 2.40. The Labute approximate surface area is 190 Å². The van der Waals surface area contributed by atoms with Crippen LogP contribution < -0.4 is 4.74 Å². The zero-order valence-corrected chi connectivity index (χ0v) is 18.8. The molecule has 0 aliphatic carbocycles. The number of thiophene rings is 1. The number of Topliss-reactive ketones (excluding diaryl/α,β-unsaturated/α-hetero) is 1. The van der Waals surface area contributed by atoms with Crippen molar-refractivity contribution in [2.45, 2.75) is 32.9 Å². The van der Waals surface area contributed by atoms with E-state index in [0.29, 0.717) is 17.7 Å². The molecule has 2 aromatic heterocycles. The number of hydrogen-bond acceptors (Lipinski definition) is 6. The van der Waals surface area contributed by atoms with Crippen molar-refractivity contribution in [2.24, 2.45) is 0 Å². The lowest BCUT2D eigenvalue weighted by molar-refractivity contribution is -0.140. The van der Waals surface area contributed by atoms with Gasteiger partial charge in [-0.25, -0.2) is 0 Å². The van der Waals surface area contributed by atoms with Crippen molar-refractivity contribution in [3.8, 4) is 5.75 Å². The molecule has 1 N–H and O–H groups in total. The van der Waals surface area contributed by atoms with Gasteiger partial charge in [-0.3, -0.25) is 14.6 Å². The van der Waals surface area contributed by atoms with Crippen LogP contribution in [0.5, 0.6) is 5.75 Å². The van der Waals surface area contributed by atoms with Crippen LogP contribution in [0, 0.1) is 6.92 Å². The fourth-order valence-electron chi connectivity index (χ4n) is 3.82. The molecule has 4 rings (SSSR count). The lowest BCUT2D eigenvalue weighted by Gasteiger charge is -2.24. The summed E-state index contributed by atoms with van der Waals surface area (Å²) in [4.78, 5) is 32.7. The number of aryl methyl sites for hydroxylation is 1. The third-order valence-electron chi connectivity index (χ3n) is 5.36. The predicted octanol–water partition coefficient (Wildman–Crippen LogP) is 4.86. The van der Waals surface area contributed by atoms with Gasteiger partial charge in [-0.05, 0) is 60.2 Å². The molecule has 0 bridgehead atoms. The second kappa shape index (κ2) is 9.36. The number of aliphatic hydroxyl groups excluding tert-OH is 1. The third-order valence-corrected chi connectivity index (χ3v) is 6.22. The van der Waals surface area contributed by atoms with E-state index in [0.717, 1.165) is 22.6 Å². The van der Waals surface area contributed by atoms with E-state index in [4.69, 9.17) is 4.74 Å². The summed E-state index contributed by atoms with van der Waals surface area (Å²) < 4.78 is 5.72. The summed E-state index contributed by atoms with van der Waals surface area (Å²) in [6.45, 7) is 4.79. The number of nitrogens with zero attached hydrogens (tertiary/aromatic N) is 2. The highest BCUT2D eigenvalue weighted by molar-refractivity contribution is 7.09. The quantitative estimate of drug-likeness (QED) is 0.317. The SMILES string of the molecule is CCCOc1ccc(/C(O)=C2/C(=O)C(=O)N(Cc3cccs3)C2c2cccnc2)cc1C. The normalized spacial score (nSPS) is 17.7. The van der Waals surface area contributed by atoms with Crippen LogP contribution in [0.15, 0.2) is 65.8 Å². The van der Waals surface area contributed by atoms with Gasteiger partial charge in [-0.2, -0.15) is 0 Å². The highest BCUT2D eigenvalue weighted by Gasteiger charge is 2.46. The van der Waals surface area contributed by atoms with Crippen molar-refractivity contribution in [3.63, 3.8) is 0 Å². The number of ether oxygens (including phenoxy) is 1. The molecule has 32 heavy (non-hydrogen) atoms. The van der Waals surface area contributed by atoms with Gasteiger partial charge in [0.2, 0.25) is 0 Å². The first-order valence-corrected chi connectivity index (χ1v) is 11.3. The van der Waals surface area contributed by atoms with Gasteiger partial charge < -0.3 is 14.7 Å². The molecule has 7 heteroatoms. The molecule has 1 aliphatic heterocycles. The van der Waals surface area contributed by atoms with Crippen molar-refractivity contribution >= 4 is 28.8 Å². The zero-order valence-electron chi connectivity index (χ0n) is 17.9. The number of aromatic nitrogens is 1. The van der Waals surface area contributed by atoms with E-state index >= 15 is 0 Å². The molecule has 164 valence electrons. The van der Waals surface area contributed by atoms with Gasteiger partial charge in [0.15, 0.2) is 0 Å². The Morgan fingerprint density at radius 2 is 2.06 bits per heavy atom. The Bertz CT molecular complexity index is 1160. The number of benzene rings is 1. The van der Waals surface area contributed by atoms with E-state index in [2.05, 4.69) is 4.98 Å². The summed E-state index contributed by atoms with van der Waals surface area (Å²) in [6.07, 6.45) is 4.14. The van der Waals surface area contributed by atoms with Crippen LogP contribution in [0.1, 0.15) is 41.0 Å². The summed E-state index contributed by atoms with van der Waals surface area (Å²) in [6, 6.07) is 11.9. The van der Waals surface area contributed by atoms with E-state index in [1.54, 1.807) is 36.7 Å². The maximum Gasteiger partial charge on any atom is 0.295 e. The minimum Gasteiger partial charge on any atom is -0.507 e. The predicted molar refractivity (Wildman–Crippen MR) is 123 cm³/mol. The number of pyridine rings is 1. The van der Waals surface area contributed by atoms with Crippen LogP contribution in [0.25, 0.3) is 5.76 Å². The summed E-state index contributed by atoms with van der Waals surface area (Å²) in [5.41, 5.74) is 2.05. The third kappa shape index (κ3) is 4.16. The van der Waals surface area contributed by atoms with Crippen LogP contribution >= 0.6 is 11.3 Å². The maximum atomic E-state index is 13.1. The molecule has 0 radical (unpaired) electrons. The van der Waals surface area contributed by atoms with E-state index in [1.807, 2.05) is 37.4 Å². The van der Waals surface area contributed by atoms with Gasteiger partial charge in [0.25, 0.3) is 11.7 Å². The van der Waals surface area contributed by atoms with Crippen LogP contribution in [0.3, 0.4) is 0 Å². The van der Waals surface area contributed by atoms with Gasteiger partial charge in [0.1, 0.15) is 11.5 Å². The number of carbonyl (C=O) groups is 2. The monoisotopic (exact) mass is 448 g/mol. The fourth-order valence-corrected chi connectivity index (χ4v) is 4.53. The molecule has 1 fully saturated rings. The molecular formula is C25H24N2O4S. The van der Waals surface area contributed by atoms with Gasteiger partial charge in [-0.1, -0.05) is 19.1 Å². The second-order valence-corrected chi connectivity index (χ2v) is 8.65. The van der Waals surface area contributed by atoms with Crippen LogP contribution in [-0.4, -0.2) is 33.3 Å². The minimum absolute atomic E-state index is 0.0705. The first kappa shape index (κ1) is 21.8. The van der Waals surface area contributed by atoms with Crippen molar-refractivity contribution < 1.29 is 19.4 Å². The average Bonchev–Trinajstić information content (AvgIpc) is 3.41. The smallest absolute Gasteiger partial charge is 0.295 e. The molecule has 1 unspecified atom stereocenters. The Balaban J connectivity index is 1.79. The number of carbonyl (C=O) groups excluding carboxylic acids is 2. The Morgan fingerprint density at radius 3 is 2.72 bits per heavy atom. The number of likely N-dealkylation sites (tertiary alicyclic amines) is 1. The van der Waals surface area contributed by atoms with Crippen molar-refractivity contribution in [2.75, 3.05) is 6.61 Å². The molecule has 1 amide bonds. The Morgan fingerprint density at radius 1 is 1.22 bits per heavy atom. The molecule has 3 heterocycles. The minimum atomic E-state index is -0.720. The number of rotatable bonds is 7. The molecule has 0 saturated carbocycles. The molecule has 0 spiro atoms. The van der Waals surface area contributed by atoms with E-state index < -0.39 is 17.7 Å². The number of aliphatic hydroxyl groups is 1. The van der Waals surface area contributed by atoms with Gasteiger partial charge in [-0.15, -0.1) is 11.3 Å². The number of ketones is 1. The zero-order chi connectivity index (χ0) is 22.7. The number of amides is 1. The van der Waals surface area contributed by atoms with Crippen molar-refractivity contribution in [1.82, 2.24) is 9.88 Å². The molecule has 1 saturated heterocycles. The van der Waals surface area contributed by atoms with Gasteiger partial charge >= 0.3 is 0 Å². The Kier molecular flexibility index (Phi) is 6.37. The van der Waals surface area contributed by atoms with Crippen molar-refractivity contribution in [3.05, 3.63) is 87.4 Å². The molecule has 1 aromatic carbocycles. The van der Waals surface area contributed by atoms with E-state index in [9.17, 15) is 14.7 Å². The average molecular weight is 449 g/mol. The first-order valence-electron chi connectivity index (χ1n) is 10.5. The standard InChI is InChI=1S/C25H24N2O4S/c1-3-11-31-20-9-8-17(13-16(20)2)23(28)21-22(18-6-4-10-26-14-18)27(25(30)24(21)29)15-19-7-5-12-32-19/h4-10,12-14,22,28H,3,11,15H2,1-2H3/b23-21-. The summed E-state index contributed by atoms with van der Waals surface area (Å²) in [5.74, 6) is -0.799. The van der Waals surface area contributed by atoms with Gasteiger partial charge in [0, 0.05) is 22.8 Å². The first-order chi connectivity index (χ1) is 15.5. The van der Waals surface area contributed by atoms with E-state index in [-0.39, 0.29) is 17.9 Å². The van der Waals surface area contributed by atoms with Crippen molar-refractivity contribution in [1.29, 1.82) is 0 Å². The van der Waals surface area contributed by atoms with Gasteiger partial charge in [0.05, 0.1) is 24.8 Å². The largest absolute Gasteiger partial charge is 0.507 e. The summed E-state index contributed by atoms with van der Waals surface area (Å²) in [5, 5.41) is 13.1.